The average Bonchev–Trinajstić information content (AvgIpc) is 2.76. The van der Waals surface area contributed by atoms with Crippen molar-refractivity contribution >= 4 is 23.6 Å². The molecular formula is C16H19N3O4. The van der Waals surface area contributed by atoms with E-state index in [0.29, 0.717) is 6.54 Å². The van der Waals surface area contributed by atoms with Crippen LogP contribution in [-0.4, -0.2) is 48.2 Å². The molecule has 1 atom stereocenters. The topological polar surface area (TPSA) is 95.6 Å². The van der Waals surface area contributed by atoms with Gasteiger partial charge in [0.25, 0.3) is 17.7 Å². The highest BCUT2D eigenvalue weighted by Crippen LogP contribution is 2.22. The van der Waals surface area contributed by atoms with E-state index >= 15 is 0 Å². The Balaban J connectivity index is 2.12. The first-order chi connectivity index (χ1) is 10.9. The smallest absolute Gasteiger partial charge is 0.261 e. The molecular weight excluding hydrogens is 298 g/mol. The average molecular weight is 317 g/mol. The van der Waals surface area contributed by atoms with Crippen LogP contribution in [0.15, 0.2) is 18.2 Å². The van der Waals surface area contributed by atoms with Gasteiger partial charge in [0.2, 0.25) is 5.91 Å². The van der Waals surface area contributed by atoms with E-state index in [1.54, 1.807) is 6.92 Å². The van der Waals surface area contributed by atoms with Crippen molar-refractivity contribution in [3.63, 3.8) is 0 Å². The van der Waals surface area contributed by atoms with E-state index < -0.39 is 17.9 Å². The molecule has 1 heterocycles. The second kappa shape index (κ2) is 6.60. The van der Waals surface area contributed by atoms with Gasteiger partial charge in [-0.3, -0.25) is 24.1 Å². The van der Waals surface area contributed by atoms with Crippen LogP contribution < -0.4 is 10.6 Å². The largest absolute Gasteiger partial charge is 0.354 e. The predicted octanol–water partition coefficient (Wildman–Crippen LogP) is 0.557. The van der Waals surface area contributed by atoms with E-state index in [-0.39, 0.29) is 28.5 Å². The normalized spacial score (nSPS) is 14.5. The summed E-state index contributed by atoms with van der Waals surface area (Å²) in [4.78, 5) is 48.7. The number of fused-ring (bicyclic) bond motifs is 1. The molecule has 122 valence electrons. The van der Waals surface area contributed by atoms with Crippen LogP contribution in [0.25, 0.3) is 0 Å². The Morgan fingerprint density at radius 1 is 1.17 bits per heavy atom. The lowest BCUT2D eigenvalue weighted by atomic mass is 10.0. The molecule has 0 spiro atoms. The minimum Gasteiger partial charge on any atom is -0.354 e. The number of hydrogen-bond donors (Lipinski definition) is 2. The quantitative estimate of drug-likeness (QED) is 0.776. The van der Waals surface area contributed by atoms with Crippen LogP contribution in [0.1, 0.15) is 51.3 Å². The Labute approximate surface area is 134 Å². The number of carbonyl (C=O) groups excluding carboxylic acids is 4. The Kier molecular flexibility index (Phi) is 4.78. The maximum atomic E-state index is 12.2. The summed E-state index contributed by atoms with van der Waals surface area (Å²) in [5.41, 5.74) is 0.714. The lowest BCUT2D eigenvalue weighted by Gasteiger charge is -2.14. The van der Waals surface area contributed by atoms with Crippen LogP contribution in [0.4, 0.5) is 0 Å². The predicted molar refractivity (Wildman–Crippen MR) is 83.1 cm³/mol. The number of carbonyl (C=O) groups is 4. The molecule has 0 fully saturated rings. The molecule has 1 aliphatic heterocycles. The van der Waals surface area contributed by atoms with E-state index in [0.717, 1.165) is 11.3 Å². The van der Waals surface area contributed by atoms with Gasteiger partial charge in [0, 0.05) is 19.2 Å². The molecule has 0 aromatic heterocycles. The summed E-state index contributed by atoms with van der Waals surface area (Å²) in [5, 5.41) is 5.26. The zero-order valence-corrected chi connectivity index (χ0v) is 13.3. The van der Waals surface area contributed by atoms with Crippen molar-refractivity contribution in [3.05, 3.63) is 34.9 Å². The van der Waals surface area contributed by atoms with Gasteiger partial charge in [0.1, 0.15) is 6.04 Å². The summed E-state index contributed by atoms with van der Waals surface area (Å²) in [6.07, 6.45) is 0.806. The molecule has 1 aromatic rings. The third-order valence-electron chi connectivity index (χ3n) is 3.64. The molecule has 1 aliphatic rings. The van der Waals surface area contributed by atoms with E-state index in [4.69, 9.17) is 0 Å². The maximum Gasteiger partial charge on any atom is 0.261 e. The first-order valence-corrected chi connectivity index (χ1v) is 7.41. The molecule has 23 heavy (non-hydrogen) atoms. The number of amides is 4. The highest BCUT2D eigenvalue weighted by atomic mass is 16.2. The standard InChI is InChI=1S/C16H19N3O4/c1-4-7-17-13(20)9(2)18-14(21)10-5-6-11-12(8-10)16(23)19(3)15(11)22/h5-6,8-9H,4,7H2,1-3H3,(H,17,20)(H,18,21)/t9-/m0/s1. The van der Waals surface area contributed by atoms with Gasteiger partial charge in [-0.15, -0.1) is 0 Å². The first kappa shape index (κ1) is 16.7. The number of nitrogens with zero attached hydrogens (tertiary/aromatic N) is 1. The van der Waals surface area contributed by atoms with Crippen molar-refractivity contribution in [1.29, 1.82) is 0 Å². The molecule has 0 aliphatic carbocycles. The Bertz CT molecular complexity index is 684. The van der Waals surface area contributed by atoms with Gasteiger partial charge in [-0.05, 0) is 31.5 Å². The molecule has 2 N–H and O–H groups in total. The summed E-state index contributed by atoms with van der Waals surface area (Å²) in [6, 6.07) is 3.61. The zero-order chi connectivity index (χ0) is 17.1. The summed E-state index contributed by atoms with van der Waals surface area (Å²) in [7, 11) is 1.39. The number of rotatable bonds is 5. The van der Waals surface area contributed by atoms with E-state index in [2.05, 4.69) is 10.6 Å². The molecule has 2 rings (SSSR count). The van der Waals surface area contributed by atoms with Crippen molar-refractivity contribution in [2.45, 2.75) is 26.3 Å². The van der Waals surface area contributed by atoms with Crippen LogP contribution in [0.3, 0.4) is 0 Å². The monoisotopic (exact) mass is 317 g/mol. The second-order valence-electron chi connectivity index (χ2n) is 5.42. The van der Waals surface area contributed by atoms with Crippen LogP contribution in [0.5, 0.6) is 0 Å². The first-order valence-electron chi connectivity index (χ1n) is 7.41. The number of imide groups is 1. The minimum absolute atomic E-state index is 0.202. The molecule has 7 nitrogen and oxygen atoms in total. The molecule has 0 radical (unpaired) electrons. The third kappa shape index (κ3) is 3.23. The third-order valence-corrected chi connectivity index (χ3v) is 3.64. The number of hydrogen-bond acceptors (Lipinski definition) is 4. The molecule has 1 aromatic carbocycles. The van der Waals surface area contributed by atoms with Crippen LogP contribution >= 0.6 is 0 Å². The highest BCUT2D eigenvalue weighted by Gasteiger charge is 2.33. The second-order valence-corrected chi connectivity index (χ2v) is 5.42. The van der Waals surface area contributed by atoms with Crippen molar-refractivity contribution in [1.82, 2.24) is 15.5 Å². The van der Waals surface area contributed by atoms with Crippen LogP contribution in [0.2, 0.25) is 0 Å². The molecule has 0 bridgehead atoms. The number of benzene rings is 1. The van der Waals surface area contributed by atoms with Gasteiger partial charge in [0.05, 0.1) is 11.1 Å². The summed E-state index contributed by atoms with van der Waals surface area (Å²) >= 11 is 0. The van der Waals surface area contributed by atoms with Crippen molar-refractivity contribution in [2.75, 3.05) is 13.6 Å². The van der Waals surface area contributed by atoms with Gasteiger partial charge < -0.3 is 10.6 Å². The summed E-state index contributed by atoms with van der Waals surface area (Å²) < 4.78 is 0. The number of nitrogens with one attached hydrogen (secondary N) is 2. The van der Waals surface area contributed by atoms with Gasteiger partial charge in [-0.1, -0.05) is 6.92 Å². The lowest BCUT2D eigenvalue weighted by Crippen LogP contribution is -2.45. The fourth-order valence-electron chi connectivity index (χ4n) is 2.25. The Morgan fingerprint density at radius 3 is 2.48 bits per heavy atom. The Hall–Kier alpha value is -2.70. The maximum absolute atomic E-state index is 12.2. The molecule has 7 heteroatoms. The lowest BCUT2D eigenvalue weighted by molar-refractivity contribution is -0.122. The minimum atomic E-state index is -0.692. The van der Waals surface area contributed by atoms with E-state index in [1.165, 1.54) is 25.2 Å². The van der Waals surface area contributed by atoms with Crippen molar-refractivity contribution in [3.8, 4) is 0 Å². The van der Waals surface area contributed by atoms with Crippen molar-refractivity contribution < 1.29 is 19.2 Å². The molecule has 0 saturated heterocycles. The van der Waals surface area contributed by atoms with Gasteiger partial charge in [-0.25, -0.2) is 0 Å². The molecule has 4 amide bonds. The van der Waals surface area contributed by atoms with E-state index in [9.17, 15) is 19.2 Å². The van der Waals surface area contributed by atoms with Gasteiger partial charge >= 0.3 is 0 Å². The SMILES string of the molecule is CCCNC(=O)[C@H](C)NC(=O)c1ccc2c(c1)C(=O)N(C)C2=O. The summed E-state index contributed by atoms with van der Waals surface area (Å²) in [6.45, 7) is 4.06. The van der Waals surface area contributed by atoms with Crippen LogP contribution in [-0.2, 0) is 4.79 Å². The van der Waals surface area contributed by atoms with E-state index in [1.807, 2.05) is 6.92 Å². The van der Waals surface area contributed by atoms with Crippen LogP contribution in [0, 0.1) is 0 Å². The van der Waals surface area contributed by atoms with Gasteiger partial charge in [0.15, 0.2) is 0 Å². The molecule has 0 unspecified atom stereocenters. The zero-order valence-electron chi connectivity index (χ0n) is 13.3. The fraction of sp³-hybridized carbons (Fsp3) is 0.375. The summed E-state index contributed by atoms with van der Waals surface area (Å²) in [5.74, 6) is -1.56. The van der Waals surface area contributed by atoms with Crippen molar-refractivity contribution in [2.24, 2.45) is 0 Å². The fourth-order valence-corrected chi connectivity index (χ4v) is 2.25. The highest BCUT2D eigenvalue weighted by molar-refractivity contribution is 6.21. The Morgan fingerprint density at radius 2 is 1.83 bits per heavy atom. The molecule has 0 saturated carbocycles. The van der Waals surface area contributed by atoms with Gasteiger partial charge in [-0.2, -0.15) is 0 Å².